The summed E-state index contributed by atoms with van der Waals surface area (Å²) in [5.74, 6) is 1.08. The van der Waals surface area contributed by atoms with Crippen LogP contribution in [0, 0.1) is 6.92 Å². The van der Waals surface area contributed by atoms with Gasteiger partial charge in [-0.2, -0.15) is 0 Å². The molecular formula is C9H7O3. The van der Waals surface area contributed by atoms with Crippen LogP contribution in [0.3, 0.4) is 0 Å². The van der Waals surface area contributed by atoms with E-state index in [1.165, 1.54) is 0 Å². The normalized spacial score (nSPS) is 13.1. The Morgan fingerprint density at radius 1 is 1.33 bits per heavy atom. The smallest absolute Gasteiger partial charge is 0.231 e. The molecule has 0 atom stereocenters. The Bertz CT molecular complexity index is 331. The minimum Gasteiger partial charge on any atom is -0.454 e. The number of benzene rings is 1. The molecule has 0 saturated heterocycles. The average Bonchev–Trinajstić information content (AvgIpc) is 2.49. The average molecular weight is 163 g/mol. The molecule has 1 aliphatic heterocycles. The summed E-state index contributed by atoms with van der Waals surface area (Å²) >= 11 is 0. The molecule has 1 radical (unpaired) electrons. The predicted molar refractivity (Wildman–Crippen MR) is 42.3 cm³/mol. The highest BCUT2D eigenvalue weighted by atomic mass is 16.7. The minimum atomic E-state index is -0.215. The summed E-state index contributed by atoms with van der Waals surface area (Å²) in [6.45, 7) is 3.53. The first-order valence-corrected chi connectivity index (χ1v) is 3.53. The zero-order valence-electron chi connectivity index (χ0n) is 6.37. The molecule has 0 amide bonds. The maximum atomic E-state index is 10.8. The van der Waals surface area contributed by atoms with Crippen LogP contribution < -0.4 is 9.47 Å². The molecule has 61 valence electrons. The first kappa shape index (κ1) is 7.16. The highest BCUT2D eigenvalue weighted by molar-refractivity contribution is 5.99. The number of fused-ring (bicyclic) bond motifs is 1. The molecule has 3 heteroatoms. The number of Topliss-reactive ketones (excluding diaryl/α,β-unsaturated/α-hetero) is 1. The molecule has 0 aliphatic carbocycles. The van der Waals surface area contributed by atoms with Gasteiger partial charge in [0.15, 0.2) is 17.3 Å². The zero-order valence-corrected chi connectivity index (χ0v) is 6.37. The summed E-state index contributed by atoms with van der Waals surface area (Å²) in [6.07, 6.45) is 0. The lowest BCUT2D eigenvalue weighted by Gasteiger charge is -1.97. The van der Waals surface area contributed by atoms with Crippen molar-refractivity contribution < 1.29 is 14.3 Å². The van der Waals surface area contributed by atoms with Gasteiger partial charge >= 0.3 is 0 Å². The van der Waals surface area contributed by atoms with E-state index in [4.69, 9.17) is 9.47 Å². The zero-order chi connectivity index (χ0) is 8.55. The van der Waals surface area contributed by atoms with Crippen molar-refractivity contribution in [1.29, 1.82) is 0 Å². The Hall–Kier alpha value is -1.51. The van der Waals surface area contributed by atoms with E-state index < -0.39 is 0 Å². The van der Waals surface area contributed by atoms with Crippen LogP contribution in [-0.4, -0.2) is 12.6 Å². The van der Waals surface area contributed by atoms with Crippen LogP contribution >= 0.6 is 0 Å². The lowest BCUT2D eigenvalue weighted by Crippen LogP contribution is -1.93. The molecule has 1 heterocycles. The second-order valence-corrected chi connectivity index (χ2v) is 2.49. The van der Waals surface area contributed by atoms with Gasteiger partial charge in [-0.15, -0.1) is 0 Å². The van der Waals surface area contributed by atoms with Crippen molar-refractivity contribution in [2.75, 3.05) is 6.79 Å². The van der Waals surface area contributed by atoms with E-state index in [1.54, 1.807) is 18.2 Å². The minimum absolute atomic E-state index is 0.215. The number of hydrogen-bond donors (Lipinski definition) is 0. The molecule has 0 spiro atoms. The SMILES string of the molecule is [CH2]C(=O)c1ccc2c(c1)OCO2. The molecule has 0 saturated carbocycles. The van der Waals surface area contributed by atoms with Crippen molar-refractivity contribution in [2.24, 2.45) is 0 Å². The van der Waals surface area contributed by atoms with Gasteiger partial charge in [-0.25, -0.2) is 0 Å². The summed E-state index contributed by atoms with van der Waals surface area (Å²) in [4.78, 5) is 10.8. The molecule has 1 aromatic carbocycles. The third-order valence-electron chi connectivity index (χ3n) is 1.69. The van der Waals surface area contributed by atoms with Crippen molar-refractivity contribution in [2.45, 2.75) is 0 Å². The van der Waals surface area contributed by atoms with Crippen LogP contribution in [0.2, 0.25) is 0 Å². The molecule has 0 aromatic heterocycles. The lowest BCUT2D eigenvalue weighted by molar-refractivity contribution is 0.104. The van der Waals surface area contributed by atoms with Crippen LogP contribution in [0.5, 0.6) is 11.5 Å². The van der Waals surface area contributed by atoms with Crippen LogP contribution in [0.25, 0.3) is 0 Å². The summed E-state index contributed by atoms with van der Waals surface area (Å²) in [6, 6.07) is 5.02. The van der Waals surface area contributed by atoms with E-state index in [1.807, 2.05) is 0 Å². The lowest BCUT2D eigenvalue weighted by atomic mass is 10.1. The molecular weight excluding hydrogens is 156 g/mol. The number of carbonyl (C=O) groups is 1. The highest BCUT2D eigenvalue weighted by Gasteiger charge is 2.14. The van der Waals surface area contributed by atoms with Gasteiger partial charge in [0.1, 0.15) is 0 Å². The van der Waals surface area contributed by atoms with E-state index >= 15 is 0 Å². The number of ketones is 1. The molecule has 2 rings (SSSR count). The fourth-order valence-corrected chi connectivity index (χ4v) is 1.07. The molecule has 0 bridgehead atoms. The van der Waals surface area contributed by atoms with E-state index in [0.29, 0.717) is 17.1 Å². The number of hydrogen-bond acceptors (Lipinski definition) is 3. The molecule has 1 aliphatic rings. The topological polar surface area (TPSA) is 35.5 Å². The first-order valence-electron chi connectivity index (χ1n) is 3.53. The van der Waals surface area contributed by atoms with Crippen LogP contribution in [-0.2, 0) is 0 Å². The summed E-state index contributed by atoms with van der Waals surface area (Å²) in [5.41, 5.74) is 0.541. The van der Waals surface area contributed by atoms with Gasteiger partial charge < -0.3 is 9.47 Å². The van der Waals surface area contributed by atoms with Gasteiger partial charge in [0.05, 0.1) is 0 Å². The summed E-state index contributed by atoms with van der Waals surface area (Å²) in [7, 11) is 0. The van der Waals surface area contributed by atoms with E-state index in [0.717, 1.165) is 0 Å². The van der Waals surface area contributed by atoms with Crippen molar-refractivity contribution in [3.63, 3.8) is 0 Å². The second-order valence-electron chi connectivity index (χ2n) is 2.49. The van der Waals surface area contributed by atoms with Crippen molar-refractivity contribution in [3.05, 3.63) is 30.7 Å². The van der Waals surface area contributed by atoms with Crippen LogP contribution in [0.15, 0.2) is 18.2 Å². The fourth-order valence-electron chi connectivity index (χ4n) is 1.07. The highest BCUT2D eigenvalue weighted by Crippen LogP contribution is 2.32. The van der Waals surface area contributed by atoms with Gasteiger partial charge in [0, 0.05) is 12.5 Å². The number of ether oxygens (including phenoxy) is 2. The van der Waals surface area contributed by atoms with Gasteiger partial charge in [-0.3, -0.25) is 4.79 Å². The molecule has 0 N–H and O–H groups in total. The van der Waals surface area contributed by atoms with Gasteiger partial charge in [-0.05, 0) is 18.2 Å². The maximum Gasteiger partial charge on any atom is 0.231 e. The van der Waals surface area contributed by atoms with E-state index in [-0.39, 0.29) is 12.6 Å². The Morgan fingerprint density at radius 3 is 2.83 bits per heavy atom. The largest absolute Gasteiger partial charge is 0.454 e. The third kappa shape index (κ3) is 1.03. The summed E-state index contributed by atoms with van der Waals surface area (Å²) < 4.78 is 10.2. The van der Waals surface area contributed by atoms with E-state index in [9.17, 15) is 4.79 Å². The monoisotopic (exact) mass is 163 g/mol. The second kappa shape index (κ2) is 2.52. The molecule has 0 fully saturated rings. The number of rotatable bonds is 1. The van der Waals surface area contributed by atoms with Crippen molar-refractivity contribution in [1.82, 2.24) is 0 Å². The first-order chi connectivity index (χ1) is 5.77. The molecule has 12 heavy (non-hydrogen) atoms. The van der Waals surface area contributed by atoms with E-state index in [2.05, 4.69) is 6.92 Å². The predicted octanol–water partition coefficient (Wildman–Crippen LogP) is 1.43. The Morgan fingerprint density at radius 2 is 2.08 bits per heavy atom. The third-order valence-corrected chi connectivity index (χ3v) is 1.69. The Kier molecular flexibility index (Phi) is 1.50. The maximum absolute atomic E-state index is 10.8. The quantitative estimate of drug-likeness (QED) is 0.587. The Balaban J connectivity index is 2.45. The van der Waals surface area contributed by atoms with Gasteiger partial charge in [0.25, 0.3) is 0 Å². The van der Waals surface area contributed by atoms with Gasteiger partial charge in [0.2, 0.25) is 6.79 Å². The van der Waals surface area contributed by atoms with Gasteiger partial charge in [-0.1, -0.05) is 0 Å². The van der Waals surface area contributed by atoms with Crippen molar-refractivity contribution >= 4 is 5.78 Å². The molecule has 1 aromatic rings. The standard InChI is InChI=1S/C9H7O3/c1-6(10)7-2-3-8-9(4-7)12-5-11-8/h2-4H,1,5H2. The van der Waals surface area contributed by atoms with Crippen LogP contribution in [0.4, 0.5) is 0 Å². The Labute approximate surface area is 69.9 Å². The summed E-state index contributed by atoms with van der Waals surface area (Å²) in [5, 5.41) is 0. The molecule has 3 nitrogen and oxygen atoms in total. The number of carbonyl (C=O) groups excluding carboxylic acids is 1. The fraction of sp³-hybridized carbons (Fsp3) is 0.111. The van der Waals surface area contributed by atoms with Crippen molar-refractivity contribution in [3.8, 4) is 11.5 Å². The van der Waals surface area contributed by atoms with Crippen LogP contribution in [0.1, 0.15) is 10.4 Å². The molecule has 0 unspecified atom stereocenters.